The average molecular weight is 166 g/mol. The SMILES string of the molecule is CC(=O)OCc1ccc(N)nc1. The number of pyridine rings is 1. The number of carbonyl (C=O) groups is 1. The summed E-state index contributed by atoms with van der Waals surface area (Å²) in [4.78, 5) is 14.3. The molecule has 0 spiro atoms. The standard InChI is InChI=1S/C8H10N2O2/c1-6(11)12-5-7-2-3-8(9)10-4-7/h2-4H,5H2,1H3,(H2,9,10). The van der Waals surface area contributed by atoms with Gasteiger partial charge in [-0.2, -0.15) is 0 Å². The van der Waals surface area contributed by atoms with Gasteiger partial charge in [-0.3, -0.25) is 4.79 Å². The van der Waals surface area contributed by atoms with E-state index >= 15 is 0 Å². The van der Waals surface area contributed by atoms with Crippen LogP contribution in [0, 0.1) is 0 Å². The first-order chi connectivity index (χ1) is 5.68. The number of esters is 1. The van der Waals surface area contributed by atoms with Gasteiger partial charge >= 0.3 is 5.97 Å². The number of aromatic nitrogens is 1. The van der Waals surface area contributed by atoms with E-state index in [0.29, 0.717) is 5.82 Å². The first-order valence-electron chi connectivity index (χ1n) is 3.52. The summed E-state index contributed by atoms with van der Waals surface area (Å²) >= 11 is 0. The van der Waals surface area contributed by atoms with E-state index in [1.54, 1.807) is 18.3 Å². The number of nitrogens with two attached hydrogens (primary N) is 1. The van der Waals surface area contributed by atoms with Gasteiger partial charge in [0.25, 0.3) is 0 Å². The molecule has 1 aromatic heterocycles. The average Bonchev–Trinajstić information content (AvgIpc) is 2.03. The summed E-state index contributed by atoms with van der Waals surface area (Å²) in [6.07, 6.45) is 1.58. The predicted molar refractivity (Wildman–Crippen MR) is 44.1 cm³/mol. The molecule has 1 heterocycles. The maximum Gasteiger partial charge on any atom is 0.302 e. The van der Waals surface area contributed by atoms with Gasteiger partial charge < -0.3 is 10.5 Å². The molecule has 0 saturated carbocycles. The van der Waals surface area contributed by atoms with Crippen LogP contribution in [0.4, 0.5) is 5.82 Å². The van der Waals surface area contributed by atoms with Crippen molar-refractivity contribution in [1.29, 1.82) is 0 Å². The van der Waals surface area contributed by atoms with Crippen LogP contribution in [0.3, 0.4) is 0 Å². The molecule has 0 fully saturated rings. The molecule has 0 amide bonds. The summed E-state index contributed by atoms with van der Waals surface area (Å²) < 4.78 is 4.75. The molecule has 4 heteroatoms. The fourth-order valence-corrected chi connectivity index (χ4v) is 0.706. The normalized spacial score (nSPS) is 9.42. The Morgan fingerprint density at radius 2 is 2.42 bits per heavy atom. The second kappa shape index (κ2) is 3.71. The summed E-state index contributed by atoms with van der Waals surface area (Å²) in [6, 6.07) is 3.43. The van der Waals surface area contributed by atoms with Crippen LogP contribution in [-0.4, -0.2) is 11.0 Å². The molecule has 1 aromatic rings. The molecule has 64 valence electrons. The van der Waals surface area contributed by atoms with Gasteiger partial charge in [0.1, 0.15) is 12.4 Å². The molecule has 4 nitrogen and oxygen atoms in total. The topological polar surface area (TPSA) is 65.2 Å². The van der Waals surface area contributed by atoms with Crippen molar-refractivity contribution in [2.24, 2.45) is 0 Å². The fourth-order valence-electron chi connectivity index (χ4n) is 0.706. The maximum atomic E-state index is 10.4. The van der Waals surface area contributed by atoms with Crippen molar-refractivity contribution in [2.75, 3.05) is 5.73 Å². The summed E-state index contributed by atoms with van der Waals surface area (Å²) in [7, 11) is 0. The molecular weight excluding hydrogens is 156 g/mol. The molecule has 0 aliphatic heterocycles. The lowest BCUT2D eigenvalue weighted by Crippen LogP contribution is -1.99. The van der Waals surface area contributed by atoms with Crippen LogP contribution in [0.2, 0.25) is 0 Å². The molecule has 0 aromatic carbocycles. The highest BCUT2D eigenvalue weighted by molar-refractivity contribution is 5.65. The van der Waals surface area contributed by atoms with Gasteiger partial charge in [-0.05, 0) is 6.07 Å². The number of hydrogen-bond donors (Lipinski definition) is 1. The smallest absolute Gasteiger partial charge is 0.302 e. The van der Waals surface area contributed by atoms with Gasteiger partial charge in [-0.25, -0.2) is 4.98 Å². The quantitative estimate of drug-likeness (QED) is 0.657. The molecule has 1 rings (SSSR count). The Balaban J connectivity index is 2.53. The number of rotatable bonds is 2. The van der Waals surface area contributed by atoms with Crippen molar-refractivity contribution in [3.63, 3.8) is 0 Å². The molecule has 2 N–H and O–H groups in total. The molecule has 0 radical (unpaired) electrons. The van der Waals surface area contributed by atoms with E-state index in [4.69, 9.17) is 10.5 Å². The highest BCUT2D eigenvalue weighted by atomic mass is 16.5. The predicted octanol–water partition coefficient (Wildman–Crippen LogP) is 0.727. The molecule has 0 atom stereocenters. The number of nitrogen functional groups attached to an aromatic ring is 1. The van der Waals surface area contributed by atoms with Gasteiger partial charge in [-0.15, -0.1) is 0 Å². The third kappa shape index (κ3) is 2.57. The van der Waals surface area contributed by atoms with Gasteiger partial charge in [0.2, 0.25) is 0 Å². The minimum absolute atomic E-state index is 0.253. The number of ether oxygens (including phenoxy) is 1. The van der Waals surface area contributed by atoms with Crippen LogP contribution >= 0.6 is 0 Å². The van der Waals surface area contributed by atoms with E-state index < -0.39 is 0 Å². The zero-order valence-electron chi connectivity index (χ0n) is 6.78. The lowest BCUT2D eigenvalue weighted by molar-refractivity contribution is -0.142. The van der Waals surface area contributed by atoms with Crippen molar-refractivity contribution in [3.8, 4) is 0 Å². The van der Waals surface area contributed by atoms with Gasteiger partial charge in [0.05, 0.1) is 0 Å². The van der Waals surface area contributed by atoms with E-state index in [-0.39, 0.29) is 12.6 Å². The number of nitrogens with zero attached hydrogens (tertiary/aromatic N) is 1. The van der Waals surface area contributed by atoms with Gasteiger partial charge in [-0.1, -0.05) is 6.07 Å². The molecule has 0 aliphatic rings. The number of carbonyl (C=O) groups excluding carboxylic acids is 1. The van der Waals surface area contributed by atoms with Crippen LogP contribution in [-0.2, 0) is 16.1 Å². The highest BCUT2D eigenvalue weighted by Gasteiger charge is 1.95. The lowest BCUT2D eigenvalue weighted by Gasteiger charge is -2.00. The highest BCUT2D eigenvalue weighted by Crippen LogP contribution is 2.02. The van der Waals surface area contributed by atoms with Gasteiger partial charge in [0, 0.05) is 18.7 Å². The van der Waals surface area contributed by atoms with E-state index in [1.807, 2.05) is 0 Å². The van der Waals surface area contributed by atoms with Gasteiger partial charge in [0.15, 0.2) is 0 Å². The summed E-state index contributed by atoms with van der Waals surface area (Å²) in [5.41, 5.74) is 6.20. The second-order valence-electron chi connectivity index (χ2n) is 2.37. The van der Waals surface area contributed by atoms with E-state index in [2.05, 4.69) is 4.98 Å². The van der Waals surface area contributed by atoms with Crippen molar-refractivity contribution >= 4 is 11.8 Å². The Morgan fingerprint density at radius 1 is 1.67 bits per heavy atom. The number of hydrogen-bond acceptors (Lipinski definition) is 4. The zero-order valence-corrected chi connectivity index (χ0v) is 6.78. The molecular formula is C8H10N2O2. The molecule has 12 heavy (non-hydrogen) atoms. The Kier molecular flexibility index (Phi) is 2.63. The second-order valence-corrected chi connectivity index (χ2v) is 2.37. The van der Waals surface area contributed by atoms with E-state index in [9.17, 15) is 4.79 Å². The third-order valence-electron chi connectivity index (χ3n) is 1.29. The first kappa shape index (κ1) is 8.52. The Hall–Kier alpha value is -1.58. The summed E-state index contributed by atoms with van der Waals surface area (Å²) in [6.45, 7) is 1.62. The van der Waals surface area contributed by atoms with Crippen molar-refractivity contribution in [2.45, 2.75) is 13.5 Å². The summed E-state index contributed by atoms with van der Waals surface area (Å²) in [5, 5.41) is 0. The number of anilines is 1. The molecule has 0 unspecified atom stereocenters. The van der Waals surface area contributed by atoms with Crippen LogP contribution in [0.1, 0.15) is 12.5 Å². The van der Waals surface area contributed by atoms with E-state index in [0.717, 1.165) is 5.56 Å². The van der Waals surface area contributed by atoms with Crippen LogP contribution in [0.15, 0.2) is 18.3 Å². The maximum absolute atomic E-state index is 10.4. The molecule has 0 saturated heterocycles. The minimum Gasteiger partial charge on any atom is -0.461 e. The first-order valence-corrected chi connectivity index (χ1v) is 3.52. The Morgan fingerprint density at radius 3 is 2.92 bits per heavy atom. The minimum atomic E-state index is -0.299. The Labute approximate surface area is 70.4 Å². The molecule has 0 aliphatic carbocycles. The Bertz CT molecular complexity index is 269. The van der Waals surface area contributed by atoms with Crippen molar-refractivity contribution in [1.82, 2.24) is 4.98 Å². The largest absolute Gasteiger partial charge is 0.461 e. The molecule has 0 bridgehead atoms. The van der Waals surface area contributed by atoms with Crippen molar-refractivity contribution < 1.29 is 9.53 Å². The van der Waals surface area contributed by atoms with E-state index in [1.165, 1.54) is 6.92 Å². The third-order valence-corrected chi connectivity index (χ3v) is 1.29. The van der Waals surface area contributed by atoms with Crippen LogP contribution in [0.25, 0.3) is 0 Å². The summed E-state index contributed by atoms with van der Waals surface area (Å²) in [5.74, 6) is 0.161. The lowest BCUT2D eigenvalue weighted by atomic mass is 10.3. The monoisotopic (exact) mass is 166 g/mol. The fraction of sp³-hybridized carbons (Fsp3) is 0.250. The zero-order chi connectivity index (χ0) is 8.97. The van der Waals surface area contributed by atoms with Crippen LogP contribution in [0.5, 0.6) is 0 Å². The van der Waals surface area contributed by atoms with Crippen molar-refractivity contribution in [3.05, 3.63) is 23.9 Å². The van der Waals surface area contributed by atoms with Crippen LogP contribution < -0.4 is 5.73 Å².